The molecule has 1 aliphatic rings. The van der Waals surface area contributed by atoms with Crippen LogP contribution in [0.5, 0.6) is 0 Å². The molecule has 1 aromatic heterocycles. The molecule has 1 fully saturated rings. The highest BCUT2D eigenvalue weighted by Gasteiger charge is 2.45. The highest BCUT2D eigenvalue weighted by atomic mass is 16.5. The molecule has 5 atom stereocenters. The van der Waals surface area contributed by atoms with Gasteiger partial charge in [0.1, 0.15) is 36.2 Å². The van der Waals surface area contributed by atoms with Gasteiger partial charge in [0.05, 0.1) is 24.7 Å². The number of rotatable bonds is 13. The van der Waals surface area contributed by atoms with Crippen LogP contribution in [0.3, 0.4) is 0 Å². The van der Waals surface area contributed by atoms with E-state index in [0.29, 0.717) is 12.7 Å². The van der Waals surface area contributed by atoms with E-state index in [0.717, 1.165) is 0 Å². The SMILES string of the molecule is CC[C@@H](C=O)NC(=O)[C@@H]1C[C@@H](OC(=O)C(C)C)CN1C(=O)[C@@H](NC(=O)[C@@H](NC(=O)c1cnccn1)C(C)C)C(C)C. The molecule has 4 amide bonds. The summed E-state index contributed by atoms with van der Waals surface area (Å²) in [5, 5.41) is 8.04. The van der Waals surface area contributed by atoms with Crippen molar-refractivity contribution in [1.82, 2.24) is 30.8 Å². The van der Waals surface area contributed by atoms with Gasteiger partial charge in [-0.25, -0.2) is 4.98 Å². The summed E-state index contributed by atoms with van der Waals surface area (Å²) in [6.45, 7) is 12.0. The van der Waals surface area contributed by atoms with E-state index < -0.39 is 71.7 Å². The zero-order valence-electron chi connectivity index (χ0n) is 24.7. The summed E-state index contributed by atoms with van der Waals surface area (Å²) in [6.07, 6.45) is 4.35. The number of nitrogens with one attached hydrogen (secondary N) is 3. The minimum atomic E-state index is -1.06. The lowest BCUT2D eigenvalue weighted by Gasteiger charge is -2.32. The molecule has 1 aromatic rings. The Morgan fingerprint density at radius 1 is 1.00 bits per heavy atom. The van der Waals surface area contributed by atoms with Gasteiger partial charge >= 0.3 is 5.97 Å². The smallest absolute Gasteiger partial charge is 0.308 e. The van der Waals surface area contributed by atoms with Crippen LogP contribution in [0.4, 0.5) is 0 Å². The maximum Gasteiger partial charge on any atom is 0.308 e. The van der Waals surface area contributed by atoms with Crippen LogP contribution in [0.25, 0.3) is 0 Å². The number of amides is 4. The van der Waals surface area contributed by atoms with Gasteiger partial charge in [0.15, 0.2) is 0 Å². The first-order chi connectivity index (χ1) is 19.3. The standard InChI is InChI=1S/C28H42N6O7/c1-8-18(14-35)31-25(37)21-11-19(41-28(40)17(6)7)13-34(21)27(39)23(16(4)5)33-26(38)22(15(2)3)32-24(36)20-12-29-9-10-30-20/h9-10,12,14-19,21-23H,8,11,13H2,1-7H3,(H,31,37)(H,32,36)(H,33,38)/t18-,19+,21-,22-,23-/m0/s1. The number of carbonyl (C=O) groups excluding carboxylic acids is 6. The van der Waals surface area contributed by atoms with Crippen molar-refractivity contribution < 1.29 is 33.5 Å². The molecule has 3 N–H and O–H groups in total. The summed E-state index contributed by atoms with van der Waals surface area (Å²) in [6, 6.07) is -3.80. The van der Waals surface area contributed by atoms with E-state index in [-0.39, 0.29) is 24.6 Å². The topological polar surface area (TPSA) is 177 Å². The van der Waals surface area contributed by atoms with Crippen LogP contribution in [0.15, 0.2) is 18.6 Å². The molecule has 0 aliphatic carbocycles. The Morgan fingerprint density at radius 3 is 2.17 bits per heavy atom. The molecule has 2 rings (SSSR count). The lowest BCUT2D eigenvalue weighted by molar-refractivity contribution is -0.153. The first kappa shape index (κ1) is 33.3. The highest BCUT2D eigenvalue weighted by molar-refractivity contribution is 5.98. The van der Waals surface area contributed by atoms with Gasteiger partial charge in [-0.3, -0.25) is 29.0 Å². The van der Waals surface area contributed by atoms with Crippen molar-refractivity contribution in [2.75, 3.05) is 6.54 Å². The van der Waals surface area contributed by atoms with Crippen molar-refractivity contribution in [3.05, 3.63) is 24.3 Å². The van der Waals surface area contributed by atoms with Crippen LogP contribution in [0.2, 0.25) is 0 Å². The van der Waals surface area contributed by atoms with Gasteiger partial charge in [-0.1, -0.05) is 48.5 Å². The lowest BCUT2D eigenvalue weighted by atomic mass is 9.98. The first-order valence-corrected chi connectivity index (χ1v) is 13.9. The molecular formula is C28H42N6O7. The van der Waals surface area contributed by atoms with E-state index in [1.807, 2.05) is 0 Å². The van der Waals surface area contributed by atoms with Crippen molar-refractivity contribution in [3.8, 4) is 0 Å². The first-order valence-electron chi connectivity index (χ1n) is 13.9. The molecule has 0 unspecified atom stereocenters. The Hall–Kier alpha value is -3.90. The zero-order chi connectivity index (χ0) is 30.9. The molecule has 0 saturated carbocycles. The summed E-state index contributed by atoms with van der Waals surface area (Å²) < 4.78 is 5.54. The summed E-state index contributed by atoms with van der Waals surface area (Å²) in [7, 11) is 0. The minimum absolute atomic E-state index is 0.0380. The number of hydrogen-bond donors (Lipinski definition) is 3. The van der Waals surface area contributed by atoms with Crippen molar-refractivity contribution in [2.45, 2.75) is 91.6 Å². The van der Waals surface area contributed by atoms with Crippen molar-refractivity contribution >= 4 is 35.9 Å². The second-order valence-corrected chi connectivity index (χ2v) is 11.1. The van der Waals surface area contributed by atoms with E-state index >= 15 is 0 Å². The number of likely N-dealkylation sites (tertiary alicyclic amines) is 1. The van der Waals surface area contributed by atoms with E-state index in [2.05, 4.69) is 25.9 Å². The molecule has 0 radical (unpaired) electrons. The van der Waals surface area contributed by atoms with E-state index in [1.165, 1.54) is 23.5 Å². The van der Waals surface area contributed by atoms with Gasteiger partial charge in [-0.2, -0.15) is 0 Å². The van der Waals surface area contributed by atoms with Crippen LogP contribution in [0, 0.1) is 17.8 Å². The number of ether oxygens (including phenoxy) is 1. The number of hydrogen-bond acceptors (Lipinski definition) is 9. The Balaban J connectivity index is 2.28. The number of aldehydes is 1. The zero-order valence-corrected chi connectivity index (χ0v) is 24.7. The van der Waals surface area contributed by atoms with Crippen LogP contribution >= 0.6 is 0 Å². The van der Waals surface area contributed by atoms with E-state index in [9.17, 15) is 28.8 Å². The highest BCUT2D eigenvalue weighted by Crippen LogP contribution is 2.24. The summed E-state index contributed by atoms with van der Waals surface area (Å²) >= 11 is 0. The van der Waals surface area contributed by atoms with Gasteiger partial charge < -0.3 is 30.4 Å². The van der Waals surface area contributed by atoms with E-state index in [4.69, 9.17) is 4.74 Å². The maximum absolute atomic E-state index is 13.9. The van der Waals surface area contributed by atoms with Crippen molar-refractivity contribution in [1.29, 1.82) is 0 Å². The normalized spacial score (nSPS) is 18.9. The molecule has 1 aliphatic heterocycles. The largest absolute Gasteiger partial charge is 0.460 e. The Labute approximate surface area is 240 Å². The maximum atomic E-state index is 13.9. The summed E-state index contributed by atoms with van der Waals surface area (Å²) in [5.41, 5.74) is 0.0380. The minimum Gasteiger partial charge on any atom is -0.460 e. The van der Waals surface area contributed by atoms with Crippen LogP contribution in [-0.2, 0) is 28.7 Å². The molecule has 41 heavy (non-hydrogen) atoms. The average Bonchev–Trinajstić information content (AvgIpc) is 3.36. The quantitative estimate of drug-likeness (QED) is 0.225. The monoisotopic (exact) mass is 574 g/mol. The van der Waals surface area contributed by atoms with Gasteiger partial charge in [0, 0.05) is 18.8 Å². The van der Waals surface area contributed by atoms with Gasteiger partial charge in [0.2, 0.25) is 17.7 Å². The predicted molar refractivity (Wildman–Crippen MR) is 148 cm³/mol. The second kappa shape index (κ2) is 15.2. The van der Waals surface area contributed by atoms with Gasteiger partial charge in [-0.15, -0.1) is 0 Å². The van der Waals surface area contributed by atoms with Gasteiger partial charge in [-0.05, 0) is 18.3 Å². The van der Waals surface area contributed by atoms with E-state index in [1.54, 1.807) is 48.5 Å². The molecule has 2 heterocycles. The third-order valence-electron chi connectivity index (χ3n) is 6.80. The molecule has 13 heteroatoms. The van der Waals surface area contributed by atoms with Crippen LogP contribution in [-0.4, -0.2) is 87.6 Å². The Morgan fingerprint density at radius 2 is 1.66 bits per heavy atom. The van der Waals surface area contributed by atoms with Crippen molar-refractivity contribution in [3.63, 3.8) is 0 Å². The molecule has 1 saturated heterocycles. The summed E-state index contributed by atoms with van der Waals surface area (Å²) in [4.78, 5) is 85.8. The fourth-order valence-corrected chi connectivity index (χ4v) is 4.29. The average molecular weight is 575 g/mol. The molecule has 13 nitrogen and oxygen atoms in total. The number of nitrogens with zero attached hydrogens (tertiary/aromatic N) is 3. The third-order valence-corrected chi connectivity index (χ3v) is 6.80. The lowest BCUT2D eigenvalue weighted by Crippen LogP contribution is -2.59. The predicted octanol–water partition coefficient (Wildman–Crippen LogP) is 0.634. The third kappa shape index (κ3) is 9.05. The Kier molecular flexibility index (Phi) is 12.3. The second-order valence-electron chi connectivity index (χ2n) is 11.1. The van der Waals surface area contributed by atoms with Crippen LogP contribution < -0.4 is 16.0 Å². The number of esters is 1. The molecule has 0 bridgehead atoms. The fraction of sp³-hybridized carbons (Fsp3) is 0.643. The fourth-order valence-electron chi connectivity index (χ4n) is 4.29. The molecule has 226 valence electrons. The van der Waals surface area contributed by atoms with Crippen LogP contribution in [0.1, 0.15) is 71.8 Å². The van der Waals surface area contributed by atoms with Crippen molar-refractivity contribution in [2.24, 2.45) is 17.8 Å². The number of aromatic nitrogens is 2. The summed E-state index contributed by atoms with van der Waals surface area (Å²) in [5.74, 6) is -3.86. The molecule has 0 spiro atoms. The molecule has 0 aromatic carbocycles. The number of carbonyl (C=O) groups is 6. The Bertz CT molecular complexity index is 1090. The molecular weight excluding hydrogens is 532 g/mol. The van der Waals surface area contributed by atoms with Gasteiger partial charge in [0.25, 0.3) is 5.91 Å².